The van der Waals surface area contributed by atoms with Gasteiger partial charge in [-0.2, -0.15) is 5.26 Å². The van der Waals surface area contributed by atoms with Gasteiger partial charge < -0.3 is 4.90 Å². The molecule has 0 aliphatic carbocycles. The van der Waals surface area contributed by atoms with Crippen LogP contribution in [0, 0.1) is 17.2 Å². The van der Waals surface area contributed by atoms with E-state index in [1.54, 1.807) is 6.92 Å². The van der Waals surface area contributed by atoms with Crippen LogP contribution in [0.3, 0.4) is 0 Å². The van der Waals surface area contributed by atoms with E-state index in [9.17, 15) is 4.79 Å². The second kappa shape index (κ2) is 5.71. The van der Waals surface area contributed by atoms with Crippen LogP contribution in [0.1, 0.15) is 27.2 Å². The Labute approximate surface area is 80.3 Å². The van der Waals surface area contributed by atoms with E-state index in [1.807, 2.05) is 20.9 Å². The molecule has 2 unspecified atom stereocenters. The monoisotopic (exact) mass is 182 g/mol. The Morgan fingerprint density at radius 1 is 1.54 bits per heavy atom. The zero-order chi connectivity index (χ0) is 10.4. The summed E-state index contributed by atoms with van der Waals surface area (Å²) in [6.45, 7) is 6.21. The first-order valence-corrected chi connectivity index (χ1v) is 4.56. The summed E-state index contributed by atoms with van der Waals surface area (Å²) in [6.07, 6.45) is 0.564. The lowest BCUT2D eigenvalue weighted by molar-refractivity contribution is -0.118. The number of hydrogen-bond acceptors (Lipinski definition) is 3. The van der Waals surface area contributed by atoms with Crippen LogP contribution in [0.2, 0.25) is 0 Å². The molecule has 0 aliphatic rings. The molecular weight excluding hydrogens is 164 g/mol. The molecule has 0 aliphatic heterocycles. The molecule has 3 heteroatoms. The second-order valence-corrected chi connectivity index (χ2v) is 3.72. The zero-order valence-corrected chi connectivity index (χ0v) is 8.87. The molecule has 0 saturated heterocycles. The van der Waals surface area contributed by atoms with E-state index in [1.165, 1.54) is 0 Å². The van der Waals surface area contributed by atoms with E-state index in [0.29, 0.717) is 6.42 Å². The molecule has 74 valence electrons. The molecule has 0 aromatic carbocycles. The van der Waals surface area contributed by atoms with Crippen molar-refractivity contribution in [3.8, 4) is 6.07 Å². The fourth-order valence-corrected chi connectivity index (χ4v) is 1.22. The summed E-state index contributed by atoms with van der Waals surface area (Å²) in [6, 6.07) is 2.41. The SMILES string of the molecule is CC(=O)CC(C)N(C)CC(C)C#N. The molecule has 0 radical (unpaired) electrons. The summed E-state index contributed by atoms with van der Waals surface area (Å²) in [5, 5.41) is 8.60. The van der Waals surface area contributed by atoms with Crippen LogP contribution >= 0.6 is 0 Å². The number of ketones is 1. The fraction of sp³-hybridized carbons (Fsp3) is 0.800. The first-order valence-electron chi connectivity index (χ1n) is 4.56. The molecule has 0 aromatic rings. The highest BCUT2D eigenvalue weighted by Gasteiger charge is 2.13. The van der Waals surface area contributed by atoms with Gasteiger partial charge in [0, 0.05) is 19.0 Å². The number of Topliss-reactive ketones (excluding diaryl/α,β-unsaturated/α-hetero) is 1. The minimum Gasteiger partial charge on any atom is -0.302 e. The molecule has 0 spiro atoms. The summed E-state index contributed by atoms with van der Waals surface area (Å²) in [4.78, 5) is 12.9. The molecule has 0 bridgehead atoms. The third kappa shape index (κ3) is 5.37. The number of carbonyl (C=O) groups is 1. The lowest BCUT2D eigenvalue weighted by Gasteiger charge is -2.24. The van der Waals surface area contributed by atoms with Gasteiger partial charge in [0.25, 0.3) is 0 Å². The van der Waals surface area contributed by atoms with Gasteiger partial charge in [-0.05, 0) is 27.8 Å². The Kier molecular flexibility index (Phi) is 5.33. The Morgan fingerprint density at radius 2 is 2.08 bits per heavy atom. The molecule has 2 atom stereocenters. The smallest absolute Gasteiger partial charge is 0.131 e. The first kappa shape index (κ1) is 12.1. The highest BCUT2D eigenvalue weighted by Crippen LogP contribution is 2.05. The van der Waals surface area contributed by atoms with Gasteiger partial charge in [-0.3, -0.25) is 4.79 Å². The van der Waals surface area contributed by atoms with Crippen molar-refractivity contribution in [3.05, 3.63) is 0 Å². The molecule has 0 fully saturated rings. The van der Waals surface area contributed by atoms with Crippen molar-refractivity contribution in [2.24, 2.45) is 5.92 Å². The van der Waals surface area contributed by atoms with Crippen LogP contribution in [0.25, 0.3) is 0 Å². The maximum Gasteiger partial charge on any atom is 0.131 e. The highest BCUT2D eigenvalue weighted by molar-refractivity contribution is 5.76. The van der Waals surface area contributed by atoms with Gasteiger partial charge in [-0.25, -0.2) is 0 Å². The van der Waals surface area contributed by atoms with Crippen LogP contribution in [-0.4, -0.2) is 30.3 Å². The third-order valence-corrected chi connectivity index (χ3v) is 2.12. The minimum atomic E-state index is 0.0272. The topological polar surface area (TPSA) is 44.1 Å². The number of rotatable bonds is 5. The second-order valence-electron chi connectivity index (χ2n) is 3.72. The summed E-state index contributed by atoms with van der Waals surface area (Å²) < 4.78 is 0. The van der Waals surface area contributed by atoms with Gasteiger partial charge >= 0.3 is 0 Å². The summed E-state index contributed by atoms with van der Waals surface area (Å²) >= 11 is 0. The Morgan fingerprint density at radius 3 is 2.46 bits per heavy atom. The number of nitriles is 1. The van der Waals surface area contributed by atoms with Crippen LogP contribution < -0.4 is 0 Å². The van der Waals surface area contributed by atoms with Crippen LogP contribution in [0.5, 0.6) is 0 Å². The van der Waals surface area contributed by atoms with Gasteiger partial charge in [0.05, 0.1) is 12.0 Å². The number of nitrogens with zero attached hydrogens (tertiary/aromatic N) is 2. The van der Waals surface area contributed by atoms with Crippen molar-refractivity contribution >= 4 is 5.78 Å². The van der Waals surface area contributed by atoms with E-state index in [0.717, 1.165) is 6.54 Å². The standard InChI is InChI=1S/C10H18N2O/c1-8(6-11)7-12(4)9(2)5-10(3)13/h8-9H,5,7H2,1-4H3. The minimum absolute atomic E-state index is 0.0272. The van der Waals surface area contributed by atoms with Gasteiger partial charge in [-0.15, -0.1) is 0 Å². The molecule has 0 N–H and O–H groups in total. The zero-order valence-electron chi connectivity index (χ0n) is 8.87. The molecular formula is C10H18N2O. The van der Waals surface area contributed by atoms with Crippen LogP contribution in [-0.2, 0) is 4.79 Å². The molecule has 0 rings (SSSR count). The molecule has 0 aromatic heterocycles. The van der Waals surface area contributed by atoms with Crippen molar-refractivity contribution in [2.45, 2.75) is 33.2 Å². The summed E-state index contributed by atoms with van der Waals surface area (Å²) in [7, 11) is 1.95. The van der Waals surface area contributed by atoms with Crippen molar-refractivity contribution in [3.63, 3.8) is 0 Å². The third-order valence-electron chi connectivity index (χ3n) is 2.12. The van der Waals surface area contributed by atoms with Gasteiger partial charge in [0.1, 0.15) is 5.78 Å². The fourth-order valence-electron chi connectivity index (χ4n) is 1.22. The molecule has 0 amide bonds. The van der Waals surface area contributed by atoms with Gasteiger partial charge in [0.2, 0.25) is 0 Å². The average Bonchev–Trinajstić information content (AvgIpc) is 2.02. The quantitative estimate of drug-likeness (QED) is 0.646. The molecule has 0 saturated carbocycles. The van der Waals surface area contributed by atoms with E-state index in [2.05, 4.69) is 11.0 Å². The van der Waals surface area contributed by atoms with E-state index >= 15 is 0 Å². The molecule has 13 heavy (non-hydrogen) atoms. The lowest BCUT2D eigenvalue weighted by atomic mass is 10.1. The van der Waals surface area contributed by atoms with Crippen LogP contribution in [0.4, 0.5) is 0 Å². The molecule has 0 heterocycles. The van der Waals surface area contributed by atoms with E-state index in [4.69, 9.17) is 5.26 Å². The van der Waals surface area contributed by atoms with E-state index < -0.39 is 0 Å². The molecule has 3 nitrogen and oxygen atoms in total. The maximum absolute atomic E-state index is 10.8. The summed E-state index contributed by atoms with van der Waals surface area (Å²) in [5.41, 5.74) is 0. The van der Waals surface area contributed by atoms with Crippen molar-refractivity contribution in [1.29, 1.82) is 5.26 Å². The predicted octanol–water partition coefficient (Wildman–Crippen LogP) is 1.45. The number of hydrogen-bond donors (Lipinski definition) is 0. The Hall–Kier alpha value is -0.880. The predicted molar refractivity (Wildman–Crippen MR) is 52.2 cm³/mol. The Balaban J connectivity index is 3.89. The van der Waals surface area contributed by atoms with Crippen molar-refractivity contribution < 1.29 is 4.79 Å². The normalized spacial score (nSPS) is 15.1. The van der Waals surface area contributed by atoms with Gasteiger partial charge in [0.15, 0.2) is 0 Å². The average molecular weight is 182 g/mol. The Bertz CT molecular complexity index is 207. The highest BCUT2D eigenvalue weighted by atomic mass is 16.1. The lowest BCUT2D eigenvalue weighted by Crippen LogP contribution is -2.33. The number of carbonyl (C=O) groups excluding carboxylic acids is 1. The largest absolute Gasteiger partial charge is 0.302 e. The maximum atomic E-state index is 10.8. The van der Waals surface area contributed by atoms with E-state index in [-0.39, 0.29) is 17.7 Å². The van der Waals surface area contributed by atoms with Crippen LogP contribution in [0.15, 0.2) is 0 Å². The van der Waals surface area contributed by atoms with Crippen molar-refractivity contribution in [1.82, 2.24) is 4.90 Å². The van der Waals surface area contributed by atoms with Gasteiger partial charge in [-0.1, -0.05) is 0 Å². The summed E-state index contributed by atoms with van der Waals surface area (Å²) in [5.74, 6) is 0.225. The first-order chi connectivity index (χ1) is 5.97. The van der Waals surface area contributed by atoms with Crippen molar-refractivity contribution in [2.75, 3.05) is 13.6 Å².